The number of ketones is 1. The number of ether oxygens (including phenoxy) is 1. The van der Waals surface area contributed by atoms with Gasteiger partial charge in [0.15, 0.2) is 5.78 Å². The van der Waals surface area contributed by atoms with Crippen molar-refractivity contribution in [2.75, 3.05) is 5.01 Å². The Kier molecular flexibility index (Phi) is 6.71. The maximum Gasteiger partial charge on any atom is 0.387 e. The Balaban J connectivity index is 1.75. The van der Waals surface area contributed by atoms with Crippen LogP contribution < -0.4 is 9.75 Å². The predicted octanol–water partition coefficient (Wildman–Crippen LogP) is 5.28. The fourth-order valence-corrected chi connectivity index (χ4v) is 3.51. The maximum absolute atomic E-state index is 15.0. The van der Waals surface area contributed by atoms with Crippen LogP contribution in [0, 0.1) is 11.8 Å². The van der Waals surface area contributed by atoms with Crippen LogP contribution in [0.25, 0.3) is 0 Å². The highest BCUT2D eigenvalue weighted by Gasteiger charge is 2.39. The molecular formula is C24H25F3N2O3. The number of alkyl halides is 3. The summed E-state index contributed by atoms with van der Waals surface area (Å²) in [5, 5.41) is 5.27. The molecule has 8 heteroatoms. The molecule has 1 heterocycles. The minimum atomic E-state index is -2.95. The molecular weight excluding hydrogens is 421 g/mol. The Morgan fingerprint density at radius 3 is 2.44 bits per heavy atom. The number of rotatable bonds is 8. The van der Waals surface area contributed by atoms with Crippen molar-refractivity contribution in [2.45, 2.75) is 46.4 Å². The zero-order chi connectivity index (χ0) is 23.6. The summed E-state index contributed by atoms with van der Waals surface area (Å²) in [6.07, 6.45) is -0.0414. The lowest BCUT2D eigenvalue weighted by Gasteiger charge is -2.25. The van der Waals surface area contributed by atoms with E-state index in [0.717, 1.165) is 5.01 Å². The van der Waals surface area contributed by atoms with E-state index in [9.17, 15) is 18.4 Å². The second-order valence-electron chi connectivity index (χ2n) is 8.27. The van der Waals surface area contributed by atoms with Gasteiger partial charge in [0.25, 0.3) is 5.91 Å². The minimum Gasteiger partial charge on any atom is -0.435 e. The lowest BCUT2D eigenvalue weighted by atomic mass is 9.85. The molecule has 2 aromatic rings. The molecule has 0 spiro atoms. The van der Waals surface area contributed by atoms with E-state index in [-0.39, 0.29) is 23.9 Å². The lowest BCUT2D eigenvalue weighted by Crippen LogP contribution is -2.33. The summed E-state index contributed by atoms with van der Waals surface area (Å²) < 4.78 is 43.9. The Morgan fingerprint density at radius 1 is 1.19 bits per heavy atom. The average molecular weight is 446 g/mol. The molecule has 1 amide bonds. The zero-order valence-electron chi connectivity index (χ0n) is 18.3. The summed E-state index contributed by atoms with van der Waals surface area (Å²) in [6, 6.07) is 12.2. The number of amides is 1. The highest BCUT2D eigenvalue weighted by atomic mass is 19.3. The van der Waals surface area contributed by atoms with Gasteiger partial charge in [-0.05, 0) is 55.2 Å². The summed E-state index contributed by atoms with van der Waals surface area (Å²) in [5.41, 5.74) is 0.217. The Bertz CT molecular complexity index is 1030. The standard InChI is InChI=1S/C24H25F3N2O3/c1-14(2)24(4,27)17-7-5-6-16(12-17)13-20(30)21-15(3)28-29(22(21)31)18-8-10-19(11-9-18)32-23(25)26/h5-12,14,21,23H,13H2,1-4H3. The van der Waals surface area contributed by atoms with Gasteiger partial charge in [-0.1, -0.05) is 38.1 Å². The molecule has 2 aromatic carbocycles. The number of anilines is 1. The monoisotopic (exact) mass is 446 g/mol. The third kappa shape index (κ3) is 4.84. The fourth-order valence-electron chi connectivity index (χ4n) is 3.51. The van der Waals surface area contributed by atoms with Crippen LogP contribution in [-0.2, 0) is 21.7 Å². The van der Waals surface area contributed by atoms with Gasteiger partial charge in [0.1, 0.15) is 17.3 Å². The van der Waals surface area contributed by atoms with Crippen molar-refractivity contribution in [1.29, 1.82) is 0 Å². The molecule has 0 fully saturated rings. The van der Waals surface area contributed by atoms with Crippen LogP contribution in [0.4, 0.5) is 18.9 Å². The van der Waals surface area contributed by atoms with Crippen molar-refractivity contribution in [2.24, 2.45) is 16.9 Å². The smallest absolute Gasteiger partial charge is 0.387 e. The molecule has 3 rings (SSSR count). The third-order valence-corrected chi connectivity index (χ3v) is 5.71. The Labute approximate surface area is 184 Å². The quantitative estimate of drug-likeness (QED) is 0.519. The topological polar surface area (TPSA) is 59.0 Å². The van der Waals surface area contributed by atoms with Crippen molar-refractivity contribution in [3.8, 4) is 5.75 Å². The van der Waals surface area contributed by atoms with Crippen molar-refractivity contribution in [3.05, 3.63) is 59.7 Å². The molecule has 0 aliphatic carbocycles. The summed E-state index contributed by atoms with van der Waals surface area (Å²) in [4.78, 5) is 25.9. The van der Waals surface area contributed by atoms with Crippen LogP contribution in [0.5, 0.6) is 5.75 Å². The van der Waals surface area contributed by atoms with E-state index in [0.29, 0.717) is 22.5 Å². The van der Waals surface area contributed by atoms with E-state index in [1.54, 1.807) is 45.0 Å². The van der Waals surface area contributed by atoms with E-state index in [2.05, 4.69) is 9.84 Å². The number of hydrogen-bond acceptors (Lipinski definition) is 4. The van der Waals surface area contributed by atoms with Crippen molar-refractivity contribution < 1.29 is 27.5 Å². The highest BCUT2D eigenvalue weighted by molar-refractivity contribution is 6.27. The fraction of sp³-hybridized carbons (Fsp3) is 0.375. The summed E-state index contributed by atoms with van der Waals surface area (Å²) in [5.74, 6) is -2.23. The normalized spacial score (nSPS) is 18.2. The minimum absolute atomic E-state index is 0.0414. The second kappa shape index (κ2) is 9.14. The molecule has 2 atom stereocenters. The van der Waals surface area contributed by atoms with Crippen molar-refractivity contribution in [1.82, 2.24) is 0 Å². The number of hydrazone groups is 1. The van der Waals surface area contributed by atoms with E-state index in [1.165, 1.54) is 31.2 Å². The number of benzene rings is 2. The Hall–Kier alpha value is -3.16. The first-order valence-electron chi connectivity index (χ1n) is 10.3. The number of hydrogen-bond donors (Lipinski definition) is 0. The van der Waals surface area contributed by atoms with E-state index < -0.39 is 24.1 Å². The zero-order valence-corrected chi connectivity index (χ0v) is 18.3. The number of Topliss-reactive ketones (excluding diaryl/α,β-unsaturated/α-hetero) is 1. The average Bonchev–Trinajstić information content (AvgIpc) is 3.02. The van der Waals surface area contributed by atoms with Crippen LogP contribution in [0.1, 0.15) is 38.8 Å². The van der Waals surface area contributed by atoms with Gasteiger partial charge >= 0.3 is 6.61 Å². The first-order valence-corrected chi connectivity index (χ1v) is 10.3. The van der Waals surface area contributed by atoms with Crippen LogP contribution >= 0.6 is 0 Å². The molecule has 2 unspecified atom stereocenters. The van der Waals surface area contributed by atoms with Gasteiger partial charge in [-0.2, -0.15) is 18.9 Å². The van der Waals surface area contributed by atoms with Crippen LogP contribution in [0.2, 0.25) is 0 Å². The van der Waals surface area contributed by atoms with Crippen LogP contribution in [0.3, 0.4) is 0 Å². The molecule has 0 saturated heterocycles. The molecule has 0 N–H and O–H groups in total. The molecule has 170 valence electrons. The van der Waals surface area contributed by atoms with Gasteiger partial charge in [0, 0.05) is 6.42 Å². The number of halogens is 3. The third-order valence-electron chi connectivity index (χ3n) is 5.71. The largest absolute Gasteiger partial charge is 0.435 e. The summed E-state index contributed by atoms with van der Waals surface area (Å²) in [6.45, 7) is 3.71. The molecule has 0 radical (unpaired) electrons. The van der Waals surface area contributed by atoms with Gasteiger partial charge < -0.3 is 4.74 Å². The molecule has 1 aliphatic heterocycles. The second-order valence-corrected chi connectivity index (χ2v) is 8.27. The first-order chi connectivity index (χ1) is 15.0. The number of carbonyl (C=O) groups excluding carboxylic acids is 2. The lowest BCUT2D eigenvalue weighted by molar-refractivity contribution is -0.128. The van der Waals surface area contributed by atoms with E-state index in [1.807, 2.05) is 0 Å². The van der Waals surface area contributed by atoms with E-state index in [4.69, 9.17) is 0 Å². The SMILES string of the molecule is CC1=NN(c2ccc(OC(F)F)cc2)C(=O)C1C(=O)Cc1cccc(C(C)(F)C(C)C)c1. The van der Waals surface area contributed by atoms with Crippen LogP contribution in [0.15, 0.2) is 53.6 Å². The number of nitrogens with zero attached hydrogens (tertiary/aromatic N) is 2. The predicted molar refractivity (Wildman–Crippen MR) is 116 cm³/mol. The van der Waals surface area contributed by atoms with Gasteiger partial charge in [-0.25, -0.2) is 4.39 Å². The highest BCUT2D eigenvalue weighted by Crippen LogP contribution is 2.34. The van der Waals surface area contributed by atoms with Crippen molar-refractivity contribution in [3.63, 3.8) is 0 Å². The molecule has 5 nitrogen and oxygen atoms in total. The maximum atomic E-state index is 15.0. The molecule has 1 aliphatic rings. The van der Waals surface area contributed by atoms with Gasteiger partial charge in [0.05, 0.1) is 11.4 Å². The molecule has 0 saturated carbocycles. The summed E-state index contributed by atoms with van der Waals surface area (Å²) in [7, 11) is 0. The first kappa shape index (κ1) is 23.5. The van der Waals surface area contributed by atoms with Gasteiger partial charge in [-0.15, -0.1) is 0 Å². The van der Waals surface area contributed by atoms with E-state index >= 15 is 4.39 Å². The number of carbonyl (C=O) groups is 2. The van der Waals surface area contributed by atoms with Gasteiger partial charge in [0.2, 0.25) is 0 Å². The Morgan fingerprint density at radius 2 is 1.84 bits per heavy atom. The van der Waals surface area contributed by atoms with Crippen molar-refractivity contribution >= 4 is 23.1 Å². The molecule has 0 aromatic heterocycles. The molecule has 32 heavy (non-hydrogen) atoms. The van der Waals surface area contributed by atoms with Gasteiger partial charge in [-0.3, -0.25) is 9.59 Å². The molecule has 0 bridgehead atoms. The summed E-state index contributed by atoms with van der Waals surface area (Å²) >= 11 is 0. The van der Waals surface area contributed by atoms with Crippen LogP contribution in [-0.4, -0.2) is 24.0 Å².